The van der Waals surface area contributed by atoms with Gasteiger partial charge in [-0.2, -0.15) is 13.2 Å². The summed E-state index contributed by atoms with van der Waals surface area (Å²) in [5, 5.41) is 2.22. The molecule has 0 spiro atoms. The highest BCUT2D eigenvalue weighted by atomic mass is 35.5. The molecule has 2 aromatic rings. The van der Waals surface area contributed by atoms with E-state index in [1.165, 1.54) is 24.3 Å². The van der Waals surface area contributed by atoms with E-state index in [0.29, 0.717) is 0 Å². The molecule has 0 aromatic heterocycles. The van der Waals surface area contributed by atoms with E-state index >= 15 is 0 Å². The van der Waals surface area contributed by atoms with E-state index in [0.717, 1.165) is 12.1 Å². The Bertz CT molecular complexity index is 751. The number of ether oxygens (including phenoxy) is 1. The highest BCUT2D eigenvalue weighted by Gasteiger charge is 2.33. The lowest BCUT2D eigenvalue weighted by Crippen LogP contribution is -2.20. The van der Waals surface area contributed by atoms with Crippen LogP contribution < -0.4 is 10.1 Å². The molecule has 0 bridgehead atoms. The van der Waals surface area contributed by atoms with Crippen LogP contribution in [0.4, 0.5) is 23.7 Å². The Kier molecular flexibility index (Phi) is 5.29. The van der Waals surface area contributed by atoms with Crippen molar-refractivity contribution in [3.63, 3.8) is 0 Å². The number of rotatable bonds is 2. The zero-order valence-electron chi connectivity index (χ0n) is 11.0. The molecule has 0 atom stereocenters. The summed E-state index contributed by atoms with van der Waals surface area (Å²) < 4.78 is 43.4. The average molecular weight is 385 g/mol. The summed E-state index contributed by atoms with van der Waals surface area (Å²) in [6.45, 7) is 0. The van der Waals surface area contributed by atoms with Gasteiger partial charge in [0.2, 0.25) is 0 Å². The van der Waals surface area contributed by atoms with Gasteiger partial charge in [0.25, 0.3) is 0 Å². The minimum absolute atomic E-state index is 0.0151. The van der Waals surface area contributed by atoms with Crippen molar-refractivity contribution in [2.24, 2.45) is 0 Å². The summed E-state index contributed by atoms with van der Waals surface area (Å²) in [5.74, 6) is -0.136. The van der Waals surface area contributed by atoms with Crippen molar-refractivity contribution in [2.75, 3.05) is 5.32 Å². The van der Waals surface area contributed by atoms with Gasteiger partial charge in [0.15, 0.2) is 5.75 Å². The number of nitrogens with one attached hydrogen (secondary N) is 1. The molecule has 23 heavy (non-hydrogen) atoms. The highest BCUT2D eigenvalue weighted by Crippen LogP contribution is 2.36. The molecule has 9 heteroatoms. The first-order valence-corrected chi connectivity index (χ1v) is 7.11. The normalized spacial score (nSPS) is 11.2. The van der Waals surface area contributed by atoms with E-state index in [-0.39, 0.29) is 20.8 Å². The Labute approximate surface area is 143 Å². The summed E-state index contributed by atoms with van der Waals surface area (Å²) in [4.78, 5) is 11.8. The molecule has 0 fully saturated rings. The molecular formula is C14H7Cl3F3NO2. The van der Waals surface area contributed by atoms with Crippen LogP contribution in [0.1, 0.15) is 5.56 Å². The quantitative estimate of drug-likeness (QED) is 0.619. The van der Waals surface area contributed by atoms with E-state index in [2.05, 4.69) is 0 Å². The Balaban J connectivity index is 2.20. The summed E-state index contributed by atoms with van der Waals surface area (Å²) in [6, 6.07) is 6.91. The van der Waals surface area contributed by atoms with E-state index in [1.54, 1.807) is 0 Å². The molecule has 0 aliphatic rings. The summed E-state index contributed by atoms with van der Waals surface area (Å²) in [5.41, 5.74) is -1.45. The number of hydrogen-bond acceptors (Lipinski definition) is 2. The fraction of sp³-hybridized carbons (Fsp3) is 0.0714. The van der Waals surface area contributed by atoms with Gasteiger partial charge in [0.05, 0.1) is 26.3 Å². The maximum Gasteiger partial charge on any atom is 0.418 e. The molecule has 122 valence electrons. The molecule has 2 aromatic carbocycles. The predicted molar refractivity (Wildman–Crippen MR) is 82.6 cm³/mol. The molecular weight excluding hydrogens is 378 g/mol. The lowest BCUT2D eigenvalue weighted by Gasteiger charge is -2.14. The Morgan fingerprint density at radius 3 is 2.26 bits per heavy atom. The van der Waals surface area contributed by atoms with Gasteiger partial charge in [-0.1, -0.05) is 46.9 Å². The average Bonchev–Trinajstić information content (AvgIpc) is 2.44. The van der Waals surface area contributed by atoms with Crippen molar-refractivity contribution in [3.8, 4) is 5.75 Å². The molecule has 1 amide bonds. The first-order valence-electron chi connectivity index (χ1n) is 5.98. The molecule has 3 nitrogen and oxygen atoms in total. The number of amides is 1. The van der Waals surface area contributed by atoms with Crippen molar-refractivity contribution in [2.45, 2.75) is 6.18 Å². The third kappa shape index (κ3) is 4.43. The standard InChI is InChI=1S/C14H7Cl3F3NO2/c15-8-5-10(17)12(6-9(8)16)23-13(22)21-11-4-2-1-3-7(11)14(18,19)20/h1-6H,(H,21,22). The molecule has 0 unspecified atom stereocenters. The van der Waals surface area contributed by atoms with Crippen LogP contribution in [0.15, 0.2) is 36.4 Å². The van der Waals surface area contributed by atoms with E-state index in [4.69, 9.17) is 39.5 Å². The van der Waals surface area contributed by atoms with Crippen LogP contribution in [-0.4, -0.2) is 6.09 Å². The Hall–Kier alpha value is -1.63. The molecule has 0 radical (unpaired) electrons. The summed E-state index contributed by atoms with van der Waals surface area (Å²) in [7, 11) is 0. The number of alkyl halides is 3. The van der Waals surface area contributed by atoms with Crippen LogP contribution in [0.3, 0.4) is 0 Å². The lowest BCUT2D eigenvalue weighted by atomic mass is 10.2. The molecule has 2 rings (SSSR count). The number of carbonyl (C=O) groups excluding carboxylic acids is 1. The number of benzene rings is 2. The van der Waals surface area contributed by atoms with E-state index in [1.807, 2.05) is 5.32 Å². The Morgan fingerprint density at radius 2 is 1.61 bits per heavy atom. The van der Waals surface area contributed by atoms with Gasteiger partial charge in [0.1, 0.15) is 0 Å². The van der Waals surface area contributed by atoms with Crippen molar-refractivity contribution in [1.82, 2.24) is 0 Å². The van der Waals surface area contributed by atoms with Crippen LogP contribution in [0, 0.1) is 0 Å². The summed E-state index contributed by atoms with van der Waals surface area (Å²) in [6.07, 6.45) is -5.77. The van der Waals surface area contributed by atoms with Crippen LogP contribution in [-0.2, 0) is 6.18 Å². The first-order chi connectivity index (χ1) is 10.7. The molecule has 0 aliphatic heterocycles. The topological polar surface area (TPSA) is 38.3 Å². The minimum atomic E-state index is -4.62. The zero-order valence-corrected chi connectivity index (χ0v) is 13.3. The predicted octanol–water partition coefficient (Wildman–Crippen LogP) is 6.28. The van der Waals surface area contributed by atoms with E-state index in [9.17, 15) is 18.0 Å². The van der Waals surface area contributed by atoms with Crippen LogP contribution in [0.5, 0.6) is 5.75 Å². The van der Waals surface area contributed by atoms with Gasteiger partial charge in [0, 0.05) is 6.07 Å². The minimum Gasteiger partial charge on any atom is -0.408 e. The number of halogens is 6. The number of para-hydroxylation sites is 1. The van der Waals surface area contributed by atoms with Crippen LogP contribution in [0.25, 0.3) is 0 Å². The van der Waals surface area contributed by atoms with Crippen molar-refractivity contribution in [3.05, 3.63) is 57.0 Å². The molecule has 0 saturated carbocycles. The Morgan fingerprint density at radius 1 is 1.00 bits per heavy atom. The van der Waals surface area contributed by atoms with Crippen LogP contribution in [0.2, 0.25) is 15.1 Å². The number of carbonyl (C=O) groups is 1. The van der Waals surface area contributed by atoms with Crippen LogP contribution >= 0.6 is 34.8 Å². The smallest absolute Gasteiger partial charge is 0.408 e. The van der Waals surface area contributed by atoms with Crippen molar-refractivity contribution < 1.29 is 22.7 Å². The third-order valence-corrected chi connectivity index (χ3v) is 3.66. The maximum atomic E-state index is 12.8. The monoisotopic (exact) mass is 383 g/mol. The SMILES string of the molecule is O=C(Nc1ccccc1C(F)(F)F)Oc1cc(Cl)c(Cl)cc1Cl. The number of anilines is 1. The first kappa shape index (κ1) is 17.7. The largest absolute Gasteiger partial charge is 0.418 e. The zero-order chi connectivity index (χ0) is 17.2. The van der Waals surface area contributed by atoms with Gasteiger partial charge < -0.3 is 4.74 Å². The van der Waals surface area contributed by atoms with Gasteiger partial charge in [-0.3, -0.25) is 5.32 Å². The van der Waals surface area contributed by atoms with Gasteiger partial charge >= 0.3 is 12.3 Å². The molecule has 1 N–H and O–H groups in total. The lowest BCUT2D eigenvalue weighted by molar-refractivity contribution is -0.136. The molecule has 0 saturated heterocycles. The number of hydrogen-bond donors (Lipinski definition) is 1. The fourth-order valence-electron chi connectivity index (χ4n) is 1.66. The van der Waals surface area contributed by atoms with Crippen molar-refractivity contribution >= 4 is 46.6 Å². The highest BCUT2D eigenvalue weighted by molar-refractivity contribution is 6.43. The van der Waals surface area contributed by atoms with Crippen molar-refractivity contribution in [1.29, 1.82) is 0 Å². The molecule has 0 heterocycles. The second kappa shape index (κ2) is 6.86. The third-order valence-electron chi connectivity index (χ3n) is 2.65. The van der Waals surface area contributed by atoms with Gasteiger partial charge in [-0.15, -0.1) is 0 Å². The van der Waals surface area contributed by atoms with Gasteiger partial charge in [-0.05, 0) is 18.2 Å². The maximum absolute atomic E-state index is 12.8. The second-order valence-electron chi connectivity index (χ2n) is 4.25. The second-order valence-corrected chi connectivity index (χ2v) is 5.48. The van der Waals surface area contributed by atoms with E-state index < -0.39 is 23.5 Å². The summed E-state index contributed by atoms with van der Waals surface area (Å²) >= 11 is 17.3. The molecule has 0 aliphatic carbocycles. The fourth-order valence-corrected chi connectivity index (χ4v) is 2.23. The van der Waals surface area contributed by atoms with Gasteiger partial charge in [-0.25, -0.2) is 4.79 Å².